The molecule has 1 saturated heterocycles. The minimum atomic E-state index is -0.267. The van der Waals surface area contributed by atoms with Crippen LogP contribution in [0.4, 0.5) is 0 Å². The number of β-lactam (4-membered cyclic amide) rings is 1. The fraction of sp³-hybridized carbons (Fsp3) is 0.833. The molecule has 0 aromatic heterocycles. The molecule has 0 spiro atoms. The Bertz CT molecular complexity index is 119. The lowest BCUT2D eigenvalue weighted by Gasteiger charge is -2.39. The van der Waals surface area contributed by atoms with Crippen molar-refractivity contribution in [1.82, 2.24) is 5.32 Å². The summed E-state index contributed by atoms with van der Waals surface area (Å²) >= 11 is 0. The molecule has 2 N–H and O–H groups in total. The summed E-state index contributed by atoms with van der Waals surface area (Å²) < 4.78 is 0. The lowest BCUT2D eigenvalue weighted by Crippen LogP contribution is -2.62. The van der Waals surface area contributed by atoms with Gasteiger partial charge in [0.2, 0.25) is 5.91 Å². The van der Waals surface area contributed by atoms with E-state index >= 15 is 0 Å². The maximum atomic E-state index is 10.4. The zero-order valence-corrected chi connectivity index (χ0v) is 5.48. The second-order valence-electron chi connectivity index (χ2n) is 2.52. The predicted molar refractivity (Wildman–Crippen MR) is 32.9 cm³/mol. The highest BCUT2D eigenvalue weighted by Crippen LogP contribution is 2.22. The third-order valence-electron chi connectivity index (χ3n) is 1.88. The van der Waals surface area contributed by atoms with Crippen LogP contribution in [0.15, 0.2) is 0 Å². The maximum absolute atomic E-state index is 10.4. The van der Waals surface area contributed by atoms with Crippen molar-refractivity contribution in [2.24, 2.45) is 0 Å². The Morgan fingerprint density at radius 3 is 2.56 bits per heavy atom. The largest absolute Gasteiger partial charge is 0.394 e. The van der Waals surface area contributed by atoms with Crippen LogP contribution in [-0.4, -0.2) is 23.2 Å². The number of amides is 1. The van der Waals surface area contributed by atoms with Gasteiger partial charge in [0, 0.05) is 0 Å². The van der Waals surface area contributed by atoms with Crippen molar-refractivity contribution in [1.29, 1.82) is 0 Å². The highest BCUT2D eigenvalue weighted by Gasteiger charge is 2.40. The SMILES string of the molecule is CCC1(CO)CC(=O)N1. The Hall–Kier alpha value is -0.570. The first-order valence-electron chi connectivity index (χ1n) is 3.14. The highest BCUT2D eigenvalue weighted by molar-refractivity contribution is 5.84. The summed E-state index contributed by atoms with van der Waals surface area (Å²) in [5.74, 6) is 0.0471. The Labute approximate surface area is 54.1 Å². The molecule has 1 atom stereocenters. The number of nitrogens with one attached hydrogen (secondary N) is 1. The smallest absolute Gasteiger partial charge is 0.222 e. The van der Waals surface area contributed by atoms with E-state index in [4.69, 9.17) is 5.11 Å². The molecule has 1 heterocycles. The van der Waals surface area contributed by atoms with Gasteiger partial charge >= 0.3 is 0 Å². The van der Waals surface area contributed by atoms with E-state index in [0.29, 0.717) is 6.42 Å². The van der Waals surface area contributed by atoms with Gasteiger partial charge < -0.3 is 10.4 Å². The normalized spacial score (nSPS) is 33.3. The standard InChI is InChI=1S/C6H11NO2/c1-2-6(4-8)3-5(9)7-6/h8H,2-4H2,1H3,(H,7,9). The molecule has 1 aliphatic rings. The summed E-state index contributed by atoms with van der Waals surface area (Å²) in [4.78, 5) is 10.4. The average Bonchev–Trinajstić information content (AvgIpc) is 1.81. The molecule has 0 saturated carbocycles. The first-order valence-corrected chi connectivity index (χ1v) is 3.14. The average molecular weight is 129 g/mol. The van der Waals surface area contributed by atoms with Gasteiger partial charge in [-0.2, -0.15) is 0 Å². The van der Waals surface area contributed by atoms with Crippen LogP contribution in [0.5, 0.6) is 0 Å². The van der Waals surface area contributed by atoms with Gasteiger partial charge in [-0.15, -0.1) is 0 Å². The van der Waals surface area contributed by atoms with Crippen molar-refractivity contribution in [3.05, 3.63) is 0 Å². The topological polar surface area (TPSA) is 49.3 Å². The molecular weight excluding hydrogens is 118 g/mol. The van der Waals surface area contributed by atoms with Crippen LogP contribution in [0.2, 0.25) is 0 Å². The number of hydrogen-bond donors (Lipinski definition) is 2. The zero-order chi connectivity index (χ0) is 6.91. The lowest BCUT2D eigenvalue weighted by molar-refractivity contribution is -0.134. The Morgan fingerprint density at radius 2 is 2.44 bits per heavy atom. The predicted octanol–water partition coefficient (Wildman–Crippen LogP) is -0.353. The van der Waals surface area contributed by atoms with Gasteiger partial charge in [-0.3, -0.25) is 4.79 Å². The lowest BCUT2D eigenvalue weighted by atomic mass is 9.85. The van der Waals surface area contributed by atoms with Crippen molar-refractivity contribution in [3.8, 4) is 0 Å². The summed E-state index contributed by atoms with van der Waals surface area (Å²) in [6, 6.07) is 0. The van der Waals surface area contributed by atoms with Crippen molar-refractivity contribution < 1.29 is 9.90 Å². The quantitative estimate of drug-likeness (QED) is 0.500. The number of carbonyl (C=O) groups excluding carboxylic acids is 1. The summed E-state index contributed by atoms with van der Waals surface area (Å²) in [5, 5.41) is 11.4. The van der Waals surface area contributed by atoms with Crippen LogP contribution in [0, 0.1) is 0 Å². The van der Waals surface area contributed by atoms with Crippen molar-refractivity contribution in [3.63, 3.8) is 0 Å². The fourth-order valence-corrected chi connectivity index (χ4v) is 1.01. The monoisotopic (exact) mass is 129 g/mol. The van der Waals surface area contributed by atoms with Crippen molar-refractivity contribution >= 4 is 5.91 Å². The zero-order valence-electron chi connectivity index (χ0n) is 5.48. The minimum absolute atomic E-state index is 0.0471. The summed E-state index contributed by atoms with van der Waals surface area (Å²) in [5.41, 5.74) is -0.267. The molecule has 0 aromatic rings. The molecule has 3 nitrogen and oxygen atoms in total. The van der Waals surface area contributed by atoms with Crippen molar-refractivity contribution in [2.75, 3.05) is 6.61 Å². The second-order valence-corrected chi connectivity index (χ2v) is 2.52. The van der Waals surface area contributed by atoms with Gasteiger partial charge in [-0.1, -0.05) is 6.92 Å². The highest BCUT2D eigenvalue weighted by atomic mass is 16.3. The second kappa shape index (κ2) is 1.99. The molecular formula is C6H11NO2. The molecule has 1 aliphatic heterocycles. The summed E-state index contributed by atoms with van der Waals surface area (Å²) in [6.45, 7) is 2.02. The van der Waals surface area contributed by atoms with Crippen molar-refractivity contribution in [2.45, 2.75) is 25.3 Å². The number of hydrogen-bond acceptors (Lipinski definition) is 2. The molecule has 1 fully saturated rings. The molecule has 0 radical (unpaired) electrons. The molecule has 52 valence electrons. The number of carbonyl (C=O) groups is 1. The van der Waals surface area contributed by atoms with E-state index in [1.165, 1.54) is 0 Å². The van der Waals surface area contributed by atoms with E-state index in [1.807, 2.05) is 6.92 Å². The van der Waals surface area contributed by atoms with E-state index in [9.17, 15) is 4.79 Å². The van der Waals surface area contributed by atoms with Gasteiger partial charge in [0.1, 0.15) is 0 Å². The molecule has 0 aromatic carbocycles. The van der Waals surface area contributed by atoms with Gasteiger partial charge in [-0.05, 0) is 6.42 Å². The first kappa shape index (κ1) is 6.55. The van der Waals surface area contributed by atoms with E-state index in [0.717, 1.165) is 6.42 Å². The maximum Gasteiger partial charge on any atom is 0.222 e. The van der Waals surface area contributed by atoms with Crippen LogP contribution < -0.4 is 5.32 Å². The number of aliphatic hydroxyl groups is 1. The Kier molecular flexibility index (Phi) is 1.45. The summed E-state index contributed by atoms with van der Waals surface area (Å²) in [6.07, 6.45) is 1.30. The van der Waals surface area contributed by atoms with Crippen LogP contribution in [0.25, 0.3) is 0 Å². The third kappa shape index (κ3) is 0.920. The van der Waals surface area contributed by atoms with E-state index in [2.05, 4.69) is 5.32 Å². The molecule has 9 heavy (non-hydrogen) atoms. The van der Waals surface area contributed by atoms with E-state index < -0.39 is 0 Å². The molecule has 1 amide bonds. The van der Waals surface area contributed by atoms with Gasteiger partial charge in [0.25, 0.3) is 0 Å². The van der Waals surface area contributed by atoms with E-state index in [-0.39, 0.29) is 18.1 Å². The van der Waals surface area contributed by atoms with Crippen LogP contribution >= 0.6 is 0 Å². The van der Waals surface area contributed by atoms with Gasteiger partial charge in [-0.25, -0.2) is 0 Å². The minimum Gasteiger partial charge on any atom is -0.394 e. The Balaban J connectivity index is 2.44. The molecule has 0 bridgehead atoms. The Morgan fingerprint density at radius 1 is 1.89 bits per heavy atom. The van der Waals surface area contributed by atoms with Crippen LogP contribution in [0.1, 0.15) is 19.8 Å². The number of rotatable bonds is 2. The molecule has 1 unspecified atom stereocenters. The number of aliphatic hydroxyl groups excluding tert-OH is 1. The van der Waals surface area contributed by atoms with Gasteiger partial charge in [0.15, 0.2) is 0 Å². The van der Waals surface area contributed by atoms with Crippen LogP contribution in [-0.2, 0) is 4.79 Å². The summed E-state index contributed by atoms with van der Waals surface area (Å²) in [7, 11) is 0. The first-order chi connectivity index (χ1) is 4.22. The fourth-order valence-electron chi connectivity index (χ4n) is 1.01. The third-order valence-corrected chi connectivity index (χ3v) is 1.88. The molecule has 0 aliphatic carbocycles. The van der Waals surface area contributed by atoms with E-state index in [1.54, 1.807) is 0 Å². The van der Waals surface area contributed by atoms with Gasteiger partial charge in [0.05, 0.1) is 18.6 Å². The molecule has 1 rings (SSSR count). The molecule has 3 heteroatoms. The van der Waals surface area contributed by atoms with Crippen LogP contribution in [0.3, 0.4) is 0 Å².